The number of carbonyl (C=O) groups is 2. The van der Waals surface area contributed by atoms with Crippen molar-refractivity contribution in [3.05, 3.63) is 29.8 Å². The Labute approximate surface area is 117 Å². The van der Waals surface area contributed by atoms with Crippen LogP contribution in [0.4, 0.5) is 0 Å². The van der Waals surface area contributed by atoms with Crippen molar-refractivity contribution in [3.63, 3.8) is 0 Å². The van der Waals surface area contributed by atoms with Gasteiger partial charge in [-0.2, -0.15) is 0 Å². The molecule has 1 fully saturated rings. The van der Waals surface area contributed by atoms with Crippen LogP contribution < -0.4 is 20.9 Å². The number of benzene rings is 1. The number of piperidine rings is 1. The molecule has 0 radical (unpaired) electrons. The molecular formula is C14H19N3O3. The van der Waals surface area contributed by atoms with Gasteiger partial charge in [-0.15, -0.1) is 0 Å². The highest BCUT2D eigenvalue weighted by molar-refractivity contribution is 5.97. The van der Waals surface area contributed by atoms with Crippen LogP contribution in [0.3, 0.4) is 0 Å². The first-order chi connectivity index (χ1) is 9.72. The summed E-state index contributed by atoms with van der Waals surface area (Å²) in [5.74, 6) is -0.102. The van der Waals surface area contributed by atoms with E-state index < -0.39 is 0 Å². The minimum Gasteiger partial charge on any atom is -0.496 e. The molecule has 1 aliphatic rings. The highest BCUT2D eigenvalue weighted by Gasteiger charge is 2.21. The molecule has 1 aromatic carbocycles. The molecule has 2 amide bonds. The summed E-state index contributed by atoms with van der Waals surface area (Å²) in [6, 6.07) is 6.86. The molecule has 0 spiro atoms. The Morgan fingerprint density at radius 3 is 2.60 bits per heavy atom. The summed E-state index contributed by atoms with van der Waals surface area (Å²) < 4.78 is 5.11. The maximum atomic E-state index is 12.0. The average Bonchev–Trinajstić information content (AvgIpc) is 2.53. The van der Waals surface area contributed by atoms with Crippen molar-refractivity contribution in [1.29, 1.82) is 0 Å². The lowest BCUT2D eigenvalue weighted by atomic mass is 9.98. The third kappa shape index (κ3) is 3.48. The van der Waals surface area contributed by atoms with Gasteiger partial charge >= 0.3 is 0 Å². The van der Waals surface area contributed by atoms with E-state index in [2.05, 4.69) is 16.2 Å². The lowest BCUT2D eigenvalue weighted by molar-refractivity contribution is -0.126. The number of amides is 2. The normalized spacial score (nSPS) is 15.4. The van der Waals surface area contributed by atoms with Crippen LogP contribution in [0.1, 0.15) is 23.2 Å². The smallest absolute Gasteiger partial charge is 0.273 e. The second-order valence-corrected chi connectivity index (χ2v) is 4.67. The zero-order valence-electron chi connectivity index (χ0n) is 11.4. The van der Waals surface area contributed by atoms with Gasteiger partial charge in [-0.1, -0.05) is 12.1 Å². The van der Waals surface area contributed by atoms with Crippen molar-refractivity contribution in [2.24, 2.45) is 5.92 Å². The van der Waals surface area contributed by atoms with E-state index in [1.54, 1.807) is 24.3 Å². The van der Waals surface area contributed by atoms with Gasteiger partial charge in [-0.05, 0) is 38.1 Å². The first kappa shape index (κ1) is 14.3. The van der Waals surface area contributed by atoms with Crippen molar-refractivity contribution in [2.75, 3.05) is 20.2 Å². The van der Waals surface area contributed by atoms with Crippen LogP contribution in [0, 0.1) is 5.92 Å². The zero-order valence-corrected chi connectivity index (χ0v) is 11.4. The molecule has 1 aromatic rings. The topological polar surface area (TPSA) is 79.5 Å². The molecule has 108 valence electrons. The van der Waals surface area contributed by atoms with Crippen molar-refractivity contribution >= 4 is 11.8 Å². The summed E-state index contributed by atoms with van der Waals surface area (Å²) >= 11 is 0. The Balaban J connectivity index is 1.89. The van der Waals surface area contributed by atoms with Crippen LogP contribution in [-0.2, 0) is 4.79 Å². The number of hydrogen-bond donors (Lipinski definition) is 3. The third-order valence-electron chi connectivity index (χ3n) is 3.36. The Kier molecular flexibility index (Phi) is 4.95. The first-order valence-electron chi connectivity index (χ1n) is 6.66. The molecule has 2 rings (SSSR count). The standard InChI is InChI=1S/C14H19N3O3/c1-20-12-5-3-2-4-11(12)14(19)17-16-13(18)10-6-8-15-9-7-10/h2-5,10,15H,6-9H2,1H3,(H,16,18)(H,17,19). The molecule has 0 bridgehead atoms. The molecule has 6 nitrogen and oxygen atoms in total. The van der Waals surface area contributed by atoms with Crippen molar-refractivity contribution in [2.45, 2.75) is 12.8 Å². The SMILES string of the molecule is COc1ccccc1C(=O)NNC(=O)C1CCNCC1. The van der Waals surface area contributed by atoms with Gasteiger partial charge in [0.15, 0.2) is 0 Å². The fourth-order valence-corrected chi connectivity index (χ4v) is 2.20. The molecule has 20 heavy (non-hydrogen) atoms. The monoisotopic (exact) mass is 277 g/mol. The summed E-state index contributed by atoms with van der Waals surface area (Å²) in [7, 11) is 1.50. The molecule has 0 aliphatic carbocycles. The van der Waals surface area contributed by atoms with Gasteiger partial charge in [0.05, 0.1) is 12.7 Å². The van der Waals surface area contributed by atoms with E-state index in [0.717, 1.165) is 25.9 Å². The summed E-state index contributed by atoms with van der Waals surface area (Å²) in [5, 5.41) is 3.19. The van der Waals surface area contributed by atoms with Crippen LogP contribution in [0.2, 0.25) is 0 Å². The Morgan fingerprint density at radius 2 is 1.90 bits per heavy atom. The van der Waals surface area contributed by atoms with E-state index >= 15 is 0 Å². The van der Waals surface area contributed by atoms with Gasteiger partial charge in [0.1, 0.15) is 5.75 Å². The highest BCUT2D eigenvalue weighted by atomic mass is 16.5. The van der Waals surface area contributed by atoms with Gasteiger partial charge in [0.25, 0.3) is 5.91 Å². The van der Waals surface area contributed by atoms with E-state index in [-0.39, 0.29) is 17.7 Å². The molecule has 6 heteroatoms. The maximum Gasteiger partial charge on any atom is 0.273 e. The van der Waals surface area contributed by atoms with Gasteiger partial charge < -0.3 is 10.1 Å². The number of methoxy groups -OCH3 is 1. The van der Waals surface area contributed by atoms with Crippen LogP contribution in [-0.4, -0.2) is 32.0 Å². The number of para-hydroxylation sites is 1. The number of hydrogen-bond acceptors (Lipinski definition) is 4. The number of ether oxygens (including phenoxy) is 1. The second-order valence-electron chi connectivity index (χ2n) is 4.67. The van der Waals surface area contributed by atoms with Gasteiger partial charge in [-0.25, -0.2) is 0 Å². The molecular weight excluding hydrogens is 258 g/mol. The maximum absolute atomic E-state index is 12.0. The number of rotatable bonds is 3. The Bertz CT molecular complexity index is 484. The summed E-state index contributed by atoms with van der Waals surface area (Å²) in [4.78, 5) is 23.9. The second kappa shape index (κ2) is 6.91. The Morgan fingerprint density at radius 1 is 1.20 bits per heavy atom. The number of nitrogens with one attached hydrogen (secondary N) is 3. The van der Waals surface area contributed by atoms with E-state index in [0.29, 0.717) is 11.3 Å². The van der Waals surface area contributed by atoms with Crippen LogP contribution in [0.25, 0.3) is 0 Å². The van der Waals surface area contributed by atoms with Gasteiger partial charge in [0.2, 0.25) is 5.91 Å². The van der Waals surface area contributed by atoms with Crippen molar-refractivity contribution < 1.29 is 14.3 Å². The number of hydrazine groups is 1. The average molecular weight is 277 g/mol. The Hall–Kier alpha value is -2.08. The molecule has 0 unspecified atom stereocenters. The quantitative estimate of drug-likeness (QED) is 0.701. The van der Waals surface area contributed by atoms with E-state index in [4.69, 9.17) is 4.74 Å². The third-order valence-corrected chi connectivity index (χ3v) is 3.36. The molecule has 0 atom stereocenters. The van der Waals surface area contributed by atoms with Crippen LogP contribution >= 0.6 is 0 Å². The molecule has 3 N–H and O–H groups in total. The van der Waals surface area contributed by atoms with Gasteiger partial charge in [-0.3, -0.25) is 20.4 Å². The number of carbonyl (C=O) groups excluding carboxylic acids is 2. The molecule has 0 saturated carbocycles. The van der Waals surface area contributed by atoms with E-state index in [9.17, 15) is 9.59 Å². The van der Waals surface area contributed by atoms with Crippen LogP contribution in [0.15, 0.2) is 24.3 Å². The molecule has 1 heterocycles. The molecule has 1 saturated heterocycles. The van der Waals surface area contributed by atoms with Gasteiger partial charge in [0, 0.05) is 5.92 Å². The van der Waals surface area contributed by atoms with E-state index in [1.165, 1.54) is 7.11 Å². The largest absolute Gasteiger partial charge is 0.496 e. The lowest BCUT2D eigenvalue weighted by Crippen LogP contribution is -2.46. The molecule has 1 aliphatic heterocycles. The summed E-state index contributed by atoms with van der Waals surface area (Å²) in [6.07, 6.45) is 1.58. The summed E-state index contributed by atoms with van der Waals surface area (Å²) in [5.41, 5.74) is 5.30. The summed E-state index contributed by atoms with van der Waals surface area (Å²) in [6.45, 7) is 1.66. The minimum atomic E-state index is -0.385. The molecule has 0 aromatic heterocycles. The predicted molar refractivity (Wildman–Crippen MR) is 74.2 cm³/mol. The minimum absolute atomic E-state index is 0.0470. The van der Waals surface area contributed by atoms with Crippen molar-refractivity contribution in [3.8, 4) is 5.75 Å². The fourth-order valence-electron chi connectivity index (χ4n) is 2.20. The predicted octanol–water partition coefficient (Wildman–Crippen LogP) is 0.456. The van der Waals surface area contributed by atoms with E-state index in [1.807, 2.05) is 0 Å². The fraction of sp³-hybridized carbons (Fsp3) is 0.429. The first-order valence-corrected chi connectivity index (χ1v) is 6.66. The highest BCUT2D eigenvalue weighted by Crippen LogP contribution is 2.16. The lowest BCUT2D eigenvalue weighted by Gasteiger charge is -2.21. The van der Waals surface area contributed by atoms with Crippen LogP contribution in [0.5, 0.6) is 5.75 Å². The zero-order chi connectivity index (χ0) is 14.4. The van der Waals surface area contributed by atoms with Crippen molar-refractivity contribution in [1.82, 2.24) is 16.2 Å².